The molecular weight excluding hydrogens is 316 g/mol. The van der Waals surface area contributed by atoms with E-state index in [0.29, 0.717) is 0 Å². The van der Waals surface area contributed by atoms with Gasteiger partial charge in [-0.3, -0.25) is 0 Å². The van der Waals surface area contributed by atoms with Gasteiger partial charge < -0.3 is 4.74 Å². The Bertz CT molecular complexity index is 827. The zero-order chi connectivity index (χ0) is 18.8. The summed E-state index contributed by atoms with van der Waals surface area (Å²) >= 11 is 0. The second kappa shape index (κ2) is 9.86. The van der Waals surface area contributed by atoms with Crippen molar-refractivity contribution in [1.29, 1.82) is 0 Å². The highest BCUT2D eigenvalue weighted by atomic mass is 16.5. The molecule has 0 aromatic heterocycles. The number of aryl methyl sites for hydroxylation is 1. The minimum Gasteiger partial charge on any atom is -0.380 e. The molecule has 1 heteroatoms. The van der Waals surface area contributed by atoms with Crippen molar-refractivity contribution in [3.8, 4) is 34.8 Å². The lowest BCUT2D eigenvalue weighted by Crippen LogP contribution is -2.41. The van der Waals surface area contributed by atoms with Crippen molar-refractivity contribution in [3.05, 3.63) is 59.7 Å². The van der Waals surface area contributed by atoms with Crippen LogP contribution in [0.1, 0.15) is 46.2 Å². The van der Waals surface area contributed by atoms with Gasteiger partial charge in [0.25, 0.3) is 0 Å². The summed E-state index contributed by atoms with van der Waals surface area (Å²) in [5, 5.41) is 0. The van der Waals surface area contributed by atoms with E-state index in [1.165, 1.54) is 16.7 Å². The first kappa shape index (κ1) is 19.8. The smallest absolute Gasteiger partial charge is 0.0563 e. The molecule has 1 nitrogen and oxygen atoms in total. The molecule has 2 aromatic carbocycles. The van der Waals surface area contributed by atoms with Gasteiger partial charge in [0.05, 0.1) is 13.2 Å². The molecule has 0 spiro atoms. The monoisotopic (exact) mass is 346 g/mol. The average Bonchev–Trinajstić information content (AvgIpc) is 2.66. The molecule has 0 radical (unpaired) electrons. The number of ether oxygens (including phenoxy) is 1. The fourth-order valence-corrected chi connectivity index (χ4v) is 2.89. The molecule has 26 heavy (non-hydrogen) atoms. The maximum Gasteiger partial charge on any atom is 0.0563 e. The third-order valence-corrected chi connectivity index (χ3v) is 4.40. The standard InChI is InChI=1S/C23H22O.C2H6.H2/c1-3-4-14-23(17-24-18-23)15-8-11-21-16-19(2)12-13-22(21)20-9-6-5-7-10-20;1-2;/h5-7,9-10,12-13,16H,14-15,17-18H2,1-2H3;1-2H3;1H. The SMILES string of the molecule is CC.CC#CCC1(CC#Cc2cc(C)ccc2-c2ccccc2)COC1.[HH]. The van der Waals surface area contributed by atoms with E-state index in [4.69, 9.17) is 4.74 Å². The highest BCUT2D eigenvalue weighted by molar-refractivity contribution is 5.71. The van der Waals surface area contributed by atoms with Gasteiger partial charge in [-0.15, -0.1) is 11.8 Å². The zero-order valence-electron chi connectivity index (χ0n) is 16.4. The molecule has 0 saturated carbocycles. The maximum atomic E-state index is 5.41. The molecule has 0 unspecified atom stereocenters. The summed E-state index contributed by atoms with van der Waals surface area (Å²) in [6.07, 6.45) is 1.71. The van der Waals surface area contributed by atoms with Crippen LogP contribution in [0.2, 0.25) is 0 Å². The first-order chi connectivity index (χ1) is 12.7. The minimum atomic E-state index is 0. The number of rotatable bonds is 3. The molecule has 3 rings (SSSR count). The van der Waals surface area contributed by atoms with Gasteiger partial charge in [-0.05, 0) is 36.6 Å². The molecule has 1 heterocycles. The Morgan fingerprint density at radius 2 is 1.69 bits per heavy atom. The summed E-state index contributed by atoms with van der Waals surface area (Å²) in [5.41, 5.74) is 4.87. The number of hydrogen-bond donors (Lipinski definition) is 0. The van der Waals surface area contributed by atoms with E-state index in [9.17, 15) is 0 Å². The van der Waals surface area contributed by atoms with E-state index in [-0.39, 0.29) is 6.84 Å². The van der Waals surface area contributed by atoms with Crippen molar-refractivity contribution in [1.82, 2.24) is 0 Å². The quantitative estimate of drug-likeness (QED) is 0.610. The summed E-state index contributed by atoms with van der Waals surface area (Å²) in [5.74, 6) is 13.0. The molecule has 0 aliphatic carbocycles. The normalized spacial score (nSPS) is 13.7. The third-order valence-electron chi connectivity index (χ3n) is 4.40. The van der Waals surface area contributed by atoms with Gasteiger partial charge in [-0.25, -0.2) is 0 Å². The molecule has 1 fully saturated rings. The maximum absolute atomic E-state index is 5.41. The Kier molecular flexibility index (Phi) is 7.53. The van der Waals surface area contributed by atoms with E-state index in [1.807, 2.05) is 26.8 Å². The van der Waals surface area contributed by atoms with Crippen LogP contribution in [-0.4, -0.2) is 13.2 Å². The van der Waals surface area contributed by atoms with Gasteiger partial charge in [-0.2, -0.15) is 0 Å². The van der Waals surface area contributed by atoms with Crippen LogP contribution >= 0.6 is 0 Å². The zero-order valence-corrected chi connectivity index (χ0v) is 16.4. The topological polar surface area (TPSA) is 9.23 Å². The van der Waals surface area contributed by atoms with Crippen LogP contribution in [0.5, 0.6) is 0 Å². The van der Waals surface area contributed by atoms with Crippen molar-refractivity contribution < 1.29 is 6.16 Å². The van der Waals surface area contributed by atoms with Gasteiger partial charge in [0.15, 0.2) is 0 Å². The minimum absolute atomic E-state index is 0. The van der Waals surface area contributed by atoms with Crippen LogP contribution in [0.3, 0.4) is 0 Å². The van der Waals surface area contributed by atoms with Crippen LogP contribution < -0.4 is 0 Å². The van der Waals surface area contributed by atoms with Crippen molar-refractivity contribution in [2.75, 3.05) is 13.2 Å². The van der Waals surface area contributed by atoms with E-state index in [1.54, 1.807) is 0 Å². The van der Waals surface area contributed by atoms with Gasteiger partial charge in [0.2, 0.25) is 0 Å². The van der Waals surface area contributed by atoms with Crippen molar-refractivity contribution in [2.24, 2.45) is 5.41 Å². The van der Waals surface area contributed by atoms with Gasteiger partial charge in [-0.1, -0.05) is 68.2 Å². The van der Waals surface area contributed by atoms with E-state index >= 15 is 0 Å². The third kappa shape index (κ3) is 5.01. The fraction of sp³-hybridized carbons (Fsp3) is 0.360. The van der Waals surface area contributed by atoms with E-state index in [2.05, 4.69) is 73.1 Å². The second-order valence-electron chi connectivity index (χ2n) is 6.49. The van der Waals surface area contributed by atoms with Crippen molar-refractivity contribution >= 4 is 0 Å². The first-order valence-electron chi connectivity index (χ1n) is 9.35. The van der Waals surface area contributed by atoms with Crippen LogP contribution in [0.4, 0.5) is 0 Å². The predicted molar refractivity (Wildman–Crippen MR) is 113 cm³/mol. The molecule has 1 saturated heterocycles. The van der Waals surface area contributed by atoms with Crippen molar-refractivity contribution in [3.63, 3.8) is 0 Å². The Hall–Kier alpha value is -2.48. The van der Waals surface area contributed by atoms with Crippen LogP contribution in [0.25, 0.3) is 11.1 Å². The largest absolute Gasteiger partial charge is 0.380 e. The molecule has 0 atom stereocenters. The molecule has 0 N–H and O–H groups in total. The molecule has 1 aliphatic rings. The molecule has 0 amide bonds. The molecule has 136 valence electrons. The van der Waals surface area contributed by atoms with Gasteiger partial charge in [0, 0.05) is 25.2 Å². The summed E-state index contributed by atoms with van der Waals surface area (Å²) in [6.45, 7) is 9.54. The fourth-order valence-electron chi connectivity index (χ4n) is 2.89. The summed E-state index contributed by atoms with van der Waals surface area (Å²) in [7, 11) is 0. The van der Waals surface area contributed by atoms with Crippen molar-refractivity contribution in [2.45, 2.75) is 40.5 Å². The average molecular weight is 347 g/mol. The highest BCUT2D eigenvalue weighted by Gasteiger charge is 2.37. The Balaban J connectivity index is 0.00000118. The van der Waals surface area contributed by atoms with Crippen LogP contribution in [0, 0.1) is 36.0 Å². The number of benzene rings is 2. The Labute approximate surface area is 160 Å². The first-order valence-corrected chi connectivity index (χ1v) is 9.35. The van der Waals surface area contributed by atoms with Crippen LogP contribution in [-0.2, 0) is 4.74 Å². The summed E-state index contributed by atoms with van der Waals surface area (Å²) in [4.78, 5) is 0. The molecular formula is C25H30O. The van der Waals surface area contributed by atoms with Gasteiger partial charge >= 0.3 is 0 Å². The lowest BCUT2D eigenvalue weighted by molar-refractivity contribution is -0.106. The molecule has 1 aliphatic heterocycles. The predicted octanol–water partition coefficient (Wildman–Crippen LogP) is 6.11. The number of hydrogen-bond acceptors (Lipinski definition) is 1. The lowest BCUT2D eigenvalue weighted by Gasteiger charge is -2.38. The summed E-state index contributed by atoms with van der Waals surface area (Å²) < 4.78 is 5.41. The lowest BCUT2D eigenvalue weighted by atomic mass is 9.79. The van der Waals surface area contributed by atoms with E-state index < -0.39 is 0 Å². The van der Waals surface area contributed by atoms with Crippen LogP contribution in [0.15, 0.2) is 48.5 Å². The highest BCUT2D eigenvalue weighted by Crippen LogP contribution is 2.34. The summed E-state index contributed by atoms with van der Waals surface area (Å²) in [6, 6.07) is 16.9. The molecule has 0 bridgehead atoms. The van der Waals surface area contributed by atoms with Gasteiger partial charge in [0.1, 0.15) is 0 Å². The van der Waals surface area contributed by atoms with E-state index in [0.717, 1.165) is 31.6 Å². The Morgan fingerprint density at radius 1 is 1.00 bits per heavy atom. The Morgan fingerprint density at radius 3 is 2.31 bits per heavy atom. The second-order valence-corrected chi connectivity index (χ2v) is 6.49. The molecule has 2 aromatic rings.